The normalized spacial score (nSPS) is 24.1. The Morgan fingerprint density at radius 1 is 0.917 bits per heavy atom. The van der Waals surface area contributed by atoms with Crippen LogP contribution in [0, 0.1) is 0 Å². The SMILES string of the molecule is CC12C=CC=CC1Sc1c2c(-c2ccccc2)cc2ccccc12. The number of benzene rings is 3. The van der Waals surface area contributed by atoms with E-state index < -0.39 is 0 Å². The lowest BCUT2D eigenvalue weighted by molar-refractivity contribution is 0.623. The molecule has 0 bridgehead atoms. The molecule has 0 fully saturated rings. The highest BCUT2D eigenvalue weighted by Crippen LogP contribution is 2.57. The van der Waals surface area contributed by atoms with Crippen LogP contribution < -0.4 is 0 Å². The van der Waals surface area contributed by atoms with Crippen LogP contribution in [-0.2, 0) is 5.41 Å². The second-order valence-electron chi connectivity index (χ2n) is 6.78. The molecule has 3 aromatic rings. The Labute approximate surface area is 146 Å². The van der Waals surface area contributed by atoms with Crippen LogP contribution in [0.1, 0.15) is 12.5 Å². The van der Waals surface area contributed by atoms with Gasteiger partial charge < -0.3 is 0 Å². The van der Waals surface area contributed by atoms with Crippen molar-refractivity contribution in [3.05, 3.63) is 90.5 Å². The molecule has 0 saturated heterocycles. The van der Waals surface area contributed by atoms with E-state index in [2.05, 4.69) is 91.9 Å². The quantitative estimate of drug-likeness (QED) is 0.501. The largest absolute Gasteiger partial charge is 0.116 e. The molecule has 3 aromatic carbocycles. The average molecular weight is 326 g/mol. The van der Waals surface area contributed by atoms with Crippen molar-refractivity contribution >= 4 is 22.5 Å². The lowest BCUT2D eigenvalue weighted by atomic mass is 9.73. The first-order valence-corrected chi connectivity index (χ1v) is 9.30. The summed E-state index contributed by atoms with van der Waals surface area (Å²) in [5.74, 6) is 0. The molecule has 0 saturated carbocycles. The van der Waals surface area contributed by atoms with Crippen molar-refractivity contribution in [2.45, 2.75) is 22.5 Å². The van der Waals surface area contributed by atoms with Crippen LogP contribution in [0.2, 0.25) is 0 Å². The maximum Gasteiger partial charge on any atom is 0.0407 e. The zero-order chi connectivity index (χ0) is 16.1. The van der Waals surface area contributed by atoms with E-state index in [1.165, 1.54) is 32.4 Å². The standard InChI is InChI=1S/C23H18S/c1-23-14-8-7-13-20(23)24-22-18-12-6-5-11-17(18)15-19(21(22)23)16-9-3-2-4-10-16/h2-15,20H,1H3. The zero-order valence-electron chi connectivity index (χ0n) is 13.6. The van der Waals surface area contributed by atoms with Crippen LogP contribution in [0.15, 0.2) is 89.9 Å². The van der Waals surface area contributed by atoms with Crippen LogP contribution in [-0.4, -0.2) is 5.25 Å². The Bertz CT molecular complexity index is 997. The van der Waals surface area contributed by atoms with Gasteiger partial charge in [-0.25, -0.2) is 0 Å². The van der Waals surface area contributed by atoms with Crippen molar-refractivity contribution in [1.82, 2.24) is 0 Å². The first kappa shape index (κ1) is 14.1. The Morgan fingerprint density at radius 3 is 2.58 bits per heavy atom. The molecule has 0 radical (unpaired) electrons. The summed E-state index contributed by atoms with van der Waals surface area (Å²) in [4.78, 5) is 1.45. The number of allylic oxidation sites excluding steroid dienone is 3. The molecule has 1 aliphatic carbocycles. The summed E-state index contributed by atoms with van der Waals surface area (Å²) in [5.41, 5.74) is 4.24. The van der Waals surface area contributed by atoms with Gasteiger partial charge in [-0.1, -0.05) is 85.8 Å². The molecule has 2 unspecified atom stereocenters. The monoisotopic (exact) mass is 326 g/mol. The molecule has 2 atom stereocenters. The van der Waals surface area contributed by atoms with Gasteiger partial charge in [-0.3, -0.25) is 0 Å². The molecule has 1 aliphatic heterocycles. The number of fused-ring (bicyclic) bond motifs is 5. The smallest absolute Gasteiger partial charge is 0.0407 e. The van der Waals surface area contributed by atoms with Crippen LogP contribution in [0.3, 0.4) is 0 Å². The van der Waals surface area contributed by atoms with Gasteiger partial charge in [-0.2, -0.15) is 0 Å². The van der Waals surface area contributed by atoms with E-state index in [0.29, 0.717) is 5.25 Å². The zero-order valence-corrected chi connectivity index (χ0v) is 14.4. The fourth-order valence-corrected chi connectivity index (χ4v) is 5.67. The van der Waals surface area contributed by atoms with Crippen molar-refractivity contribution in [2.24, 2.45) is 0 Å². The number of hydrogen-bond acceptors (Lipinski definition) is 1. The first-order chi connectivity index (χ1) is 11.8. The summed E-state index contributed by atoms with van der Waals surface area (Å²) in [7, 11) is 0. The minimum atomic E-state index is 0.0595. The molecule has 0 spiro atoms. The molecular weight excluding hydrogens is 308 g/mol. The van der Waals surface area contributed by atoms with Gasteiger partial charge in [-0.15, -0.1) is 11.8 Å². The summed E-state index contributed by atoms with van der Waals surface area (Å²) in [6.45, 7) is 2.39. The van der Waals surface area contributed by atoms with E-state index in [1.807, 2.05) is 11.8 Å². The molecule has 5 rings (SSSR count). The number of thioether (sulfide) groups is 1. The fraction of sp³-hybridized carbons (Fsp3) is 0.130. The minimum Gasteiger partial charge on any atom is -0.116 e. The molecule has 116 valence electrons. The van der Waals surface area contributed by atoms with E-state index in [0.717, 1.165) is 0 Å². The molecule has 0 nitrogen and oxygen atoms in total. The van der Waals surface area contributed by atoms with E-state index in [1.54, 1.807) is 0 Å². The maximum atomic E-state index is 2.39. The molecule has 0 N–H and O–H groups in total. The number of hydrogen-bond donors (Lipinski definition) is 0. The van der Waals surface area contributed by atoms with Gasteiger partial charge in [0.1, 0.15) is 0 Å². The van der Waals surface area contributed by atoms with Gasteiger partial charge in [0, 0.05) is 15.6 Å². The molecule has 0 aromatic heterocycles. The van der Waals surface area contributed by atoms with E-state index >= 15 is 0 Å². The van der Waals surface area contributed by atoms with E-state index in [9.17, 15) is 0 Å². The molecule has 1 heterocycles. The molecule has 0 amide bonds. The summed E-state index contributed by atoms with van der Waals surface area (Å²) in [6, 6.07) is 22.0. The summed E-state index contributed by atoms with van der Waals surface area (Å²) in [5, 5.41) is 3.19. The third-order valence-electron chi connectivity index (χ3n) is 5.30. The predicted octanol–water partition coefficient (Wildman–Crippen LogP) is 6.36. The molecular formula is C23H18S. The van der Waals surface area contributed by atoms with Crippen LogP contribution >= 0.6 is 11.8 Å². The third kappa shape index (κ3) is 1.88. The van der Waals surface area contributed by atoms with Gasteiger partial charge in [-0.05, 0) is 33.5 Å². The highest BCUT2D eigenvalue weighted by molar-refractivity contribution is 8.00. The van der Waals surface area contributed by atoms with Crippen molar-refractivity contribution in [3.8, 4) is 11.1 Å². The summed E-state index contributed by atoms with van der Waals surface area (Å²) in [6.07, 6.45) is 9.14. The van der Waals surface area contributed by atoms with Crippen molar-refractivity contribution in [3.63, 3.8) is 0 Å². The lowest BCUT2D eigenvalue weighted by Crippen LogP contribution is -2.28. The first-order valence-electron chi connectivity index (χ1n) is 8.42. The maximum absolute atomic E-state index is 2.39. The fourth-order valence-electron chi connectivity index (χ4n) is 4.05. The molecule has 24 heavy (non-hydrogen) atoms. The highest BCUT2D eigenvalue weighted by Gasteiger charge is 2.44. The third-order valence-corrected chi connectivity index (χ3v) is 6.86. The van der Waals surface area contributed by atoms with Crippen LogP contribution in [0.5, 0.6) is 0 Å². The predicted molar refractivity (Wildman–Crippen MR) is 105 cm³/mol. The molecule has 2 aliphatic rings. The lowest BCUT2D eigenvalue weighted by Gasteiger charge is -2.30. The second-order valence-corrected chi connectivity index (χ2v) is 7.93. The second kappa shape index (κ2) is 5.12. The Morgan fingerprint density at radius 2 is 1.71 bits per heavy atom. The van der Waals surface area contributed by atoms with Crippen molar-refractivity contribution in [1.29, 1.82) is 0 Å². The number of rotatable bonds is 1. The van der Waals surface area contributed by atoms with Gasteiger partial charge in [0.2, 0.25) is 0 Å². The van der Waals surface area contributed by atoms with E-state index in [4.69, 9.17) is 0 Å². The minimum absolute atomic E-state index is 0.0595. The Kier molecular flexibility index (Phi) is 3.01. The van der Waals surface area contributed by atoms with Crippen molar-refractivity contribution < 1.29 is 0 Å². The highest BCUT2D eigenvalue weighted by atomic mass is 32.2. The van der Waals surface area contributed by atoms with Gasteiger partial charge >= 0.3 is 0 Å². The van der Waals surface area contributed by atoms with Crippen molar-refractivity contribution in [2.75, 3.05) is 0 Å². The average Bonchev–Trinajstić information content (AvgIpc) is 2.95. The van der Waals surface area contributed by atoms with Gasteiger partial charge in [0.05, 0.1) is 0 Å². The summed E-state index contributed by atoms with van der Waals surface area (Å²) >= 11 is 2.02. The topological polar surface area (TPSA) is 0 Å². The van der Waals surface area contributed by atoms with Crippen LogP contribution in [0.25, 0.3) is 21.9 Å². The Hall–Kier alpha value is -2.25. The van der Waals surface area contributed by atoms with E-state index in [-0.39, 0.29) is 5.41 Å². The van der Waals surface area contributed by atoms with Crippen LogP contribution in [0.4, 0.5) is 0 Å². The summed E-state index contributed by atoms with van der Waals surface area (Å²) < 4.78 is 0. The van der Waals surface area contributed by atoms with Gasteiger partial charge in [0.25, 0.3) is 0 Å². The Balaban J connectivity index is 1.90. The molecule has 1 heteroatoms. The van der Waals surface area contributed by atoms with Gasteiger partial charge in [0.15, 0.2) is 0 Å².